The lowest BCUT2D eigenvalue weighted by molar-refractivity contribution is 0.573. The van der Waals surface area contributed by atoms with Crippen LogP contribution in [0, 0.1) is 0 Å². The third kappa shape index (κ3) is 5.49. The molecule has 0 radical (unpaired) electrons. The Kier molecular flexibility index (Phi) is 5.39. The smallest absolute Gasteiger partial charge is 0.147 e. The molecule has 1 saturated heterocycles. The molecule has 7 heteroatoms. The van der Waals surface area contributed by atoms with Gasteiger partial charge in [-0.05, 0) is 32.6 Å². The van der Waals surface area contributed by atoms with Gasteiger partial charge in [0.05, 0.1) is 5.75 Å². The van der Waals surface area contributed by atoms with E-state index < -0.39 is 9.84 Å². The summed E-state index contributed by atoms with van der Waals surface area (Å²) in [4.78, 5) is 10.8. The summed E-state index contributed by atoms with van der Waals surface area (Å²) in [5.74, 6) is 1.89. The molecule has 0 amide bonds. The van der Waals surface area contributed by atoms with Crippen molar-refractivity contribution >= 4 is 21.5 Å². The first-order valence-electron chi connectivity index (χ1n) is 7.45. The highest BCUT2D eigenvalue weighted by Crippen LogP contribution is 2.19. The van der Waals surface area contributed by atoms with Crippen LogP contribution in [0.15, 0.2) is 12.4 Å². The van der Waals surface area contributed by atoms with Gasteiger partial charge in [-0.25, -0.2) is 18.4 Å². The van der Waals surface area contributed by atoms with Crippen LogP contribution in [0.25, 0.3) is 0 Å². The van der Waals surface area contributed by atoms with Crippen molar-refractivity contribution in [3.8, 4) is 0 Å². The van der Waals surface area contributed by atoms with Gasteiger partial charge in [0.2, 0.25) is 0 Å². The van der Waals surface area contributed by atoms with E-state index in [0.717, 1.165) is 24.7 Å². The van der Waals surface area contributed by atoms with Gasteiger partial charge in [0.15, 0.2) is 0 Å². The Morgan fingerprint density at radius 2 is 2.00 bits per heavy atom. The number of nitrogens with one attached hydrogen (secondary N) is 1. The number of aromatic nitrogens is 2. The van der Waals surface area contributed by atoms with E-state index in [1.54, 1.807) is 6.33 Å². The lowest BCUT2D eigenvalue weighted by Gasteiger charge is -2.27. The van der Waals surface area contributed by atoms with Crippen LogP contribution >= 0.6 is 0 Å². The number of rotatable bonds is 6. The molecule has 0 bridgehead atoms. The lowest BCUT2D eigenvalue weighted by Crippen LogP contribution is -2.30. The fraction of sp³-hybridized carbons (Fsp3) is 0.714. The lowest BCUT2D eigenvalue weighted by atomic mass is 10.1. The van der Waals surface area contributed by atoms with Crippen LogP contribution in [0.1, 0.15) is 32.6 Å². The monoisotopic (exact) mass is 312 g/mol. The van der Waals surface area contributed by atoms with E-state index in [-0.39, 0.29) is 11.8 Å². The number of nitrogens with zero attached hydrogens (tertiary/aromatic N) is 3. The van der Waals surface area contributed by atoms with Crippen LogP contribution in [-0.4, -0.2) is 49.5 Å². The summed E-state index contributed by atoms with van der Waals surface area (Å²) in [5.41, 5.74) is 0. The van der Waals surface area contributed by atoms with Crippen LogP contribution in [0.2, 0.25) is 0 Å². The van der Waals surface area contributed by atoms with Crippen molar-refractivity contribution in [1.82, 2.24) is 9.97 Å². The highest BCUT2D eigenvalue weighted by molar-refractivity contribution is 7.90. The van der Waals surface area contributed by atoms with Crippen molar-refractivity contribution in [2.45, 2.75) is 38.6 Å². The molecule has 6 nitrogen and oxygen atoms in total. The zero-order chi connectivity index (χ0) is 15.3. The third-order valence-electron chi connectivity index (χ3n) is 3.65. The first-order valence-corrected chi connectivity index (χ1v) is 9.51. The molecule has 118 valence electrons. The molecule has 1 atom stereocenters. The van der Waals surface area contributed by atoms with E-state index >= 15 is 0 Å². The predicted octanol–water partition coefficient (Wildman–Crippen LogP) is 1.70. The molecule has 0 aliphatic carbocycles. The van der Waals surface area contributed by atoms with Crippen molar-refractivity contribution in [1.29, 1.82) is 0 Å². The minimum atomic E-state index is -2.92. The maximum Gasteiger partial charge on any atom is 0.147 e. The van der Waals surface area contributed by atoms with Gasteiger partial charge in [-0.15, -0.1) is 0 Å². The Bertz CT molecular complexity index is 556. The van der Waals surface area contributed by atoms with Gasteiger partial charge < -0.3 is 10.2 Å². The Labute approximate surface area is 126 Å². The Balaban J connectivity index is 1.94. The van der Waals surface area contributed by atoms with Crippen molar-refractivity contribution < 1.29 is 8.42 Å². The maximum absolute atomic E-state index is 11.2. The standard InChI is InChI=1S/C14H24N4O2S/c1-12(6-9-21(2,19)20)17-13-10-14(16-11-15-13)18-7-4-3-5-8-18/h10-12H,3-9H2,1-2H3,(H,15,16,17). The van der Waals surface area contributed by atoms with Crippen LogP contribution < -0.4 is 10.2 Å². The fourth-order valence-corrected chi connectivity index (χ4v) is 3.22. The molecule has 21 heavy (non-hydrogen) atoms. The number of anilines is 2. The quantitative estimate of drug-likeness (QED) is 0.862. The van der Waals surface area contributed by atoms with Gasteiger partial charge in [0, 0.05) is 31.5 Å². The minimum Gasteiger partial charge on any atom is -0.367 e. The zero-order valence-electron chi connectivity index (χ0n) is 12.7. The van der Waals surface area contributed by atoms with Crippen LogP contribution in [0.3, 0.4) is 0 Å². The van der Waals surface area contributed by atoms with Crippen LogP contribution in [0.5, 0.6) is 0 Å². The second-order valence-corrected chi connectivity index (χ2v) is 8.03. The molecule has 1 aliphatic heterocycles. The van der Waals surface area contributed by atoms with Gasteiger partial charge in [0.1, 0.15) is 27.8 Å². The van der Waals surface area contributed by atoms with E-state index in [1.165, 1.54) is 25.5 Å². The Morgan fingerprint density at radius 3 is 2.67 bits per heavy atom. The van der Waals surface area contributed by atoms with E-state index in [0.29, 0.717) is 6.42 Å². The molecular formula is C14H24N4O2S. The second-order valence-electron chi connectivity index (χ2n) is 5.77. The minimum absolute atomic E-state index is 0.0591. The van der Waals surface area contributed by atoms with E-state index in [2.05, 4.69) is 20.2 Å². The third-order valence-corrected chi connectivity index (χ3v) is 4.63. The maximum atomic E-state index is 11.2. The normalized spacial score (nSPS) is 17.5. The second kappa shape index (κ2) is 7.06. The van der Waals surface area contributed by atoms with E-state index in [1.807, 2.05) is 13.0 Å². The molecule has 1 fully saturated rings. The van der Waals surface area contributed by atoms with Gasteiger partial charge in [0.25, 0.3) is 0 Å². The van der Waals surface area contributed by atoms with Crippen molar-refractivity contribution in [3.63, 3.8) is 0 Å². The molecule has 1 aromatic rings. The molecule has 0 spiro atoms. The molecule has 1 aromatic heterocycles. The average Bonchev–Trinajstić information content (AvgIpc) is 2.46. The number of sulfone groups is 1. The molecule has 1 unspecified atom stereocenters. The number of hydrogen-bond acceptors (Lipinski definition) is 6. The molecule has 2 heterocycles. The fourth-order valence-electron chi connectivity index (χ4n) is 2.44. The van der Waals surface area contributed by atoms with Crippen molar-refractivity contribution in [2.24, 2.45) is 0 Å². The number of piperidine rings is 1. The Hall–Kier alpha value is -1.37. The largest absolute Gasteiger partial charge is 0.367 e. The molecule has 0 aromatic carbocycles. The summed E-state index contributed by atoms with van der Waals surface area (Å²) in [6, 6.07) is 2.01. The first kappa shape index (κ1) is 16.0. The summed E-state index contributed by atoms with van der Waals surface area (Å²) in [6.45, 7) is 4.05. The van der Waals surface area contributed by atoms with Crippen molar-refractivity contribution in [2.75, 3.05) is 35.3 Å². The van der Waals surface area contributed by atoms with Gasteiger partial charge in [-0.2, -0.15) is 0 Å². The van der Waals surface area contributed by atoms with Gasteiger partial charge in [-0.1, -0.05) is 0 Å². The summed E-state index contributed by atoms with van der Waals surface area (Å²) in [7, 11) is -2.92. The highest BCUT2D eigenvalue weighted by atomic mass is 32.2. The van der Waals surface area contributed by atoms with Gasteiger partial charge in [-0.3, -0.25) is 0 Å². The van der Waals surface area contributed by atoms with E-state index in [4.69, 9.17) is 0 Å². The molecular weight excluding hydrogens is 288 g/mol. The predicted molar refractivity (Wildman–Crippen MR) is 85.5 cm³/mol. The van der Waals surface area contributed by atoms with Gasteiger partial charge >= 0.3 is 0 Å². The van der Waals surface area contributed by atoms with Crippen LogP contribution in [0.4, 0.5) is 11.6 Å². The summed E-state index contributed by atoms with van der Waals surface area (Å²) >= 11 is 0. The SMILES string of the molecule is CC(CCS(C)(=O)=O)Nc1cc(N2CCCCC2)ncn1. The van der Waals surface area contributed by atoms with Crippen LogP contribution in [-0.2, 0) is 9.84 Å². The topological polar surface area (TPSA) is 75.2 Å². The Morgan fingerprint density at radius 1 is 1.29 bits per heavy atom. The first-order chi connectivity index (χ1) is 9.94. The highest BCUT2D eigenvalue weighted by Gasteiger charge is 2.13. The molecule has 0 saturated carbocycles. The summed E-state index contributed by atoms with van der Waals surface area (Å²) < 4.78 is 22.4. The zero-order valence-corrected chi connectivity index (χ0v) is 13.6. The number of hydrogen-bond donors (Lipinski definition) is 1. The summed E-state index contributed by atoms with van der Waals surface area (Å²) in [6.07, 6.45) is 7.10. The molecule has 1 N–H and O–H groups in total. The molecule has 2 rings (SSSR count). The molecule has 1 aliphatic rings. The van der Waals surface area contributed by atoms with E-state index in [9.17, 15) is 8.42 Å². The van der Waals surface area contributed by atoms with Crippen molar-refractivity contribution in [3.05, 3.63) is 12.4 Å². The summed E-state index contributed by atoms with van der Waals surface area (Å²) in [5, 5.41) is 3.25. The average molecular weight is 312 g/mol.